The number of nitrogens with one attached hydrogen (secondary N) is 1. The molecule has 1 heterocycles. The number of hydrogen-bond acceptors (Lipinski definition) is 5. The van der Waals surface area contributed by atoms with Crippen molar-refractivity contribution in [1.29, 1.82) is 0 Å². The van der Waals surface area contributed by atoms with Gasteiger partial charge in [-0.2, -0.15) is 0 Å². The Hall–Kier alpha value is -1.22. The van der Waals surface area contributed by atoms with Crippen molar-refractivity contribution < 1.29 is 17.9 Å². The van der Waals surface area contributed by atoms with Crippen LogP contribution in [0.25, 0.3) is 0 Å². The third-order valence-electron chi connectivity index (χ3n) is 3.10. The molecule has 0 radical (unpaired) electrons. The van der Waals surface area contributed by atoms with E-state index in [1.54, 1.807) is 30.3 Å². The van der Waals surface area contributed by atoms with Crippen LogP contribution in [-0.2, 0) is 21.2 Å². The Morgan fingerprint density at radius 1 is 1.30 bits per heavy atom. The van der Waals surface area contributed by atoms with Gasteiger partial charge in [0.15, 0.2) is 0 Å². The zero-order chi connectivity index (χ0) is 16.9. The van der Waals surface area contributed by atoms with Gasteiger partial charge in [-0.05, 0) is 54.1 Å². The Labute approximate surface area is 147 Å². The molecule has 0 amide bonds. The lowest BCUT2D eigenvalue weighted by atomic mass is 10.2. The molecule has 0 unspecified atom stereocenters. The highest BCUT2D eigenvalue weighted by atomic mass is 79.9. The summed E-state index contributed by atoms with van der Waals surface area (Å²) in [6, 6.07) is 8.25. The van der Waals surface area contributed by atoms with Gasteiger partial charge in [0.2, 0.25) is 10.0 Å². The number of sulfonamides is 1. The Bertz CT molecular complexity index is 769. The van der Waals surface area contributed by atoms with E-state index in [4.69, 9.17) is 0 Å². The lowest BCUT2D eigenvalue weighted by molar-refractivity contribution is 0.0606. The monoisotopic (exact) mass is 417 g/mol. The van der Waals surface area contributed by atoms with Crippen molar-refractivity contribution in [3.05, 3.63) is 50.6 Å². The summed E-state index contributed by atoms with van der Waals surface area (Å²) in [6.45, 7) is 0.335. The minimum atomic E-state index is -3.49. The van der Waals surface area contributed by atoms with Gasteiger partial charge in [0.05, 0.1) is 12.0 Å². The number of halogens is 1. The van der Waals surface area contributed by atoms with E-state index in [0.717, 1.165) is 10.0 Å². The number of carbonyl (C=O) groups excluding carboxylic acids is 1. The fourth-order valence-corrected chi connectivity index (χ4v) is 4.11. The largest absolute Gasteiger partial charge is 0.465 e. The molecule has 0 saturated heterocycles. The van der Waals surface area contributed by atoms with Crippen LogP contribution >= 0.6 is 27.3 Å². The molecule has 0 aliphatic rings. The highest BCUT2D eigenvalue weighted by molar-refractivity contribution is 9.10. The second kappa shape index (κ2) is 8.05. The first-order valence-corrected chi connectivity index (χ1v) is 9.99. The summed E-state index contributed by atoms with van der Waals surface area (Å²) in [7, 11) is -2.14. The number of thiophene rings is 1. The van der Waals surface area contributed by atoms with E-state index in [2.05, 4.69) is 25.4 Å². The number of ether oxygens (including phenoxy) is 1. The number of benzene rings is 1. The fourth-order valence-electron chi connectivity index (χ4n) is 1.91. The molecule has 5 nitrogen and oxygen atoms in total. The molecule has 2 rings (SSSR count). The maximum atomic E-state index is 12.1. The van der Waals surface area contributed by atoms with Crippen LogP contribution in [0.15, 0.2) is 45.1 Å². The van der Waals surface area contributed by atoms with Crippen LogP contribution in [0.3, 0.4) is 0 Å². The quantitative estimate of drug-likeness (QED) is 0.554. The first kappa shape index (κ1) is 18.1. The van der Waals surface area contributed by atoms with Gasteiger partial charge in [-0.1, -0.05) is 15.9 Å². The molecule has 2 aromatic rings. The third kappa shape index (κ3) is 5.13. The number of rotatable bonds is 7. The standard InChI is InChI=1S/C15H16BrNO4S2/c1-21-15(18)14-9-11(10-22-14)3-2-8-17-23(19,20)13-6-4-12(16)5-7-13/h4-7,9-10,17H,2-3,8H2,1H3. The molecule has 1 aromatic carbocycles. The first-order valence-electron chi connectivity index (χ1n) is 6.83. The predicted octanol–water partition coefficient (Wildman–Crippen LogP) is 3.21. The van der Waals surface area contributed by atoms with Gasteiger partial charge in [-0.3, -0.25) is 0 Å². The van der Waals surface area contributed by atoms with Gasteiger partial charge in [-0.25, -0.2) is 17.9 Å². The van der Waals surface area contributed by atoms with Crippen molar-refractivity contribution in [1.82, 2.24) is 4.72 Å². The van der Waals surface area contributed by atoms with E-state index in [-0.39, 0.29) is 10.9 Å². The maximum absolute atomic E-state index is 12.1. The van der Waals surface area contributed by atoms with Gasteiger partial charge in [0.1, 0.15) is 4.88 Å². The Morgan fingerprint density at radius 3 is 2.65 bits per heavy atom. The maximum Gasteiger partial charge on any atom is 0.348 e. The zero-order valence-corrected chi connectivity index (χ0v) is 15.6. The number of hydrogen-bond donors (Lipinski definition) is 1. The molecule has 1 N–H and O–H groups in total. The van der Waals surface area contributed by atoms with E-state index in [0.29, 0.717) is 24.3 Å². The zero-order valence-electron chi connectivity index (χ0n) is 12.4. The SMILES string of the molecule is COC(=O)c1cc(CCCNS(=O)(=O)c2ccc(Br)cc2)cs1. The van der Waals surface area contributed by atoms with Crippen LogP contribution in [0.2, 0.25) is 0 Å². The molecular weight excluding hydrogens is 402 g/mol. The lowest BCUT2D eigenvalue weighted by Gasteiger charge is -2.06. The topological polar surface area (TPSA) is 72.5 Å². The average Bonchev–Trinajstić information content (AvgIpc) is 3.00. The lowest BCUT2D eigenvalue weighted by Crippen LogP contribution is -2.25. The van der Waals surface area contributed by atoms with Crippen LogP contribution in [0.4, 0.5) is 0 Å². The van der Waals surface area contributed by atoms with Crippen molar-refractivity contribution in [3.63, 3.8) is 0 Å². The van der Waals surface area contributed by atoms with E-state index in [1.807, 2.05) is 5.38 Å². The number of aryl methyl sites for hydroxylation is 1. The van der Waals surface area contributed by atoms with Gasteiger partial charge >= 0.3 is 5.97 Å². The molecule has 1 aromatic heterocycles. The Kier molecular flexibility index (Phi) is 6.34. The number of esters is 1. The number of methoxy groups -OCH3 is 1. The van der Waals surface area contributed by atoms with E-state index < -0.39 is 10.0 Å². The smallest absolute Gasteiger partial charge is 0.348 e. The summed E-state index contributed by atoms with van der Waals surface area (Å²) in [5.74, 6) is -0.350. The Morgan fingerprint density at radius 2 is 2.00 bits per heavy atom. The van der Waals surface area contributed by atoms with Crippen molar-refractivity contribution in [2.75, 3.05) is 13.7 Å². The van der Waals surface area contributed by atoms with Crippen LogP contribution in [0.1, 0.15) is 21.7 Å². The van der Waals surface area contributed by atoms with Gasteiger partial charge < -0.3 is 4.74 Å². The summed E-state index contributed by atoms with van der Waals surface area (Å²) in [5, 5.41) is 1.88. The summed E-state index contributed by atoms with van der Waals surface area (Å²) in [5.41, 5.74) is 0.998. The normalized spacial score (nSPS) is 11.4. The van der Waals surface area contributed by atoms with Crippen LogP contribution in [-0.4, -0.2) is 28.0 Å². The minimum absolute atomic E-state index is 0.240. The molecule has 0 aliphatic heterocycles. The summed E-state index contributed by atoms with van der Waals surface area (Å²) >= 11 is 4.60. The number of carbonyl (C=O) groups is 1. The molecular formula is C15H16BrNO4S2. The molecule has 23 heavy (non-hydrogen) atoms. The third-order valence-corrected chi connectivity index (χ3v) is 6.06. The van der Waals surface area contributed by atoms with E-state index in [9.17, 15) is 13.2 Å². The van der Waals surface area contributed by atoms with Crippen molar-refractivity contribution >= 4 is 43.3 Å². The van der Waals surface area contributed by atoms with E-state index in [1.165, 1.54) is 18.4 Å². The average molecular weight is 418 g/mol. The summed E-state index contributed by atoms with van der Waals surface area (Å²) < 4.78 is 32.3. The molecule has 0 spiro atoms. The van der Waals surface area contributed by atoms with Gasteiger partial charge in [0.25, 0.3) is 0 Å². The molecule has 0 aliphatic carbocycles. The van der Waals surface area contributed by atoms with E-state index >= 15 is 0 Å². The summed E-state index contributed by atoms with van der Waals surface area (Å²) in [4.78, 5) is 12.2. The fraction of sp³-hybridized carbons (Fsp3) is 0.267. The first-order chi connectivity index (χ1) is 10.9. The van der Waals surface area contributed by atoms with Crippen molar-refractivity contribution in [2.24, 2.45) is 0 Å². The van der Waals surface area contributed by atoms with Gasteiger partial charge in [-0.15, -0.1) is 11.3 Å². The minimum Gasteiger partial charge on any atom is -0.465 e. The van der Waals surface area contributed by atoms with Gasteiger partial charge in [0, 0.05) is 11.0 Å². The molecule has 0 fully saturated rings. The molecule has 124 valence electrons. The highest BCUT2D eigenvalue weighted by Gasteiger charge is 2.13. The molecule has 0 bridgehead atoms. The molecule has 0 atom stereocenters. The molecule has 8 heteroatoms. The highest BCUT2D eigenvalue weighted by Crippen LogP contribution is 2.17. The predicted molar refractivity (Wildman–Crippen MR) is 93.3 cm³/mol. The van der Waals surface area contributed by atoms with Crippen molar-refractivity contribution in [2.45, 2.75) is 17.7 Å². The van der Waals surface area contributed by atoms with Crippen LogP contribution in [0.5, 0.6) is 0 Å². The van der Waals surface area contributed by atoms with Crippen molar-refractivity contribution in [3.8, 4) is 0 Å². The van der Waals surface area contributed by atoms with Crippen LogP contribution in [0, 0.1) is 0 Å². The van der Waals surface area contributed by atoms with Crippen LogP contribution < -0.4 is 4.72 Å². The molecule has 0 saturated carbocycles. The second-order valence-electron chi connectivity index (χ2n) is 4.77. The Balaban J connectivity index is 1.84. The second-order valence-corrected chi connectivity index (χ2v) is 8.36. The summed E-state index contributed by atoms with van der Waals surface area (Å²) in [6.07, 6.45) is 1.34.